The monoisotopic (exact) mass is 382 g/mol. The standard InChI is InChI=1S/C13H11BrClF3N2O/c1-2-20-11(10(15)6-19-20)12(21)8-4-3-7(14)5-9(8)13(16,17)18/h3-6,12,21H,2H2,1H3. The van der Waals surface area contributed by atoms with Gasteiger partial charge in [0.05, 0.1) is 22.5 Å². The maximum atomic E-state index is 13.1. The highest BCUT2D eigenvalue weighted by atomic mass is 79.9. The lowest BCUT2D eigenvalue weighted by molar-refractivity contribution is -0.139. The van der Waals surface area contributed by atoms with Crippen molar-refractivity contribution in [3.05, 3.63) is 50.7 Å². The van der Waals surface area contributed by atoms with Crippen molar-refractivity contribution in [1.82, 2.24) is 9.78 Å². The predicted molar refractivity (Wildman–Crippen MR) is 76.1 cm³/mol. The van der Waals surface area contributed by atoms with Crippen LogP contribution in [-0.2, 0) is 12.7 Å². The third-order valence-corrected chi connectivity index (χ3v) is 3.79. The van der Waals surface area contributed by atoms with Crippen LogP contribution in [0, 0.1) is 0 Å². The molecule has 0 aliphatic heterocycles. The molecule has 1 atom stereocenters. The Morgan fingerprint density at radius 2 is 2.10 bits per heavy atom. The van der Waals surface area contributed by atoms with Gasteiger partial charge in [0.15, 0.2) is 0 Å². The van der Waals surface area contributed by atoms with E-state index in [9.17, 15) is 18.3 Å². The number of benzene rings is 1. The average Bonchev–Trinajstić information content (AvgIpc) is 2.78. The predicted octanol–water partition coefficient (Wildman–Crippen LogP) is 4.42. The Kier molecular flexibility index (Phi) is 4.65. The fourth-order valence-corrected chi connectivity index (χ4v) is 2.66. The van der Waals surface area contributed by atoms with Gasteiger partial charge in [-0.05, 0) is 24.6 Å². The molecule has 1 N–H and O–H groups in total. The van der Waals surface area contributed by atoms with Gasteiger partial charge in [0.2, 0.25) is 0 Å². The number of aryl methyl sites for hydroxylation is 1. The lowest BCUT2D eigenvalue weighted by atomic mass is 9.99. The Morgan fingerprint density at radius 1 is 1.43 bits per heavy atom. The lowest BCUT2D eigenvalue weighted by Crippen LogP contribution is -2.16. The molecule has 0 fully saturated rings. The zero-order chi connectivity index (χ0) is 15.8. The first-order valence-corrected chi connectivity index (χ1v) is 7.18. The zero-order valence-corrected chi connectivity index (χ0v) is 13.2. The molecule has 1 heterocycles. The van der Waals surface area contributed by atoms with Gasteiger partial charge in [0.1, 0.15) is 6.10 Å². The number of nitrogens with zero attached hydrogens (tertiary/aromatic N) is 2. The van der Waals surface area contributed by atoms with E-state index in [4.69, 9.17) is 11.6 Å². The zero-order valence-electron chi connectivity index (χ0n) is 10.8. The van der Waals surface area contributed by atoms with E-state index in [1.54, 1.807) is 6.92 Å². The fraction of sp³-hybridized carbons (Fsp3) is 0.308. The smallest absolute Gasteiger partial charge is 0.382 e. The molecule has 2 rings (SSSR count). The lowest BCUT2D eigenvalue weighted by Gasteiger charge is -2.19. The minimum Gasteiger partial charge on any atom is -0.382 e. The van der Waals surface area contributed by atoms with Gasteiger partial charge in [0, 0.05) is 11.0 Å². The molecular weight excluding hydrogens is 373 g/mol. The van der Waals surface area contributed by atoms with Gasteiger partial charge < -0.3 is 5.11 Å². The Morgan fingerprint density at radius 3 is 2.67 bits per heavy atom. The first kappa shape index (κ1) is 16.3. The van der Waals surface area contributed by atoms with Crippen molar-refractivity contribution in [1.29, 1.82) is 0 Å². The van der Waals surface area contributed by atoms with E-state index in [1.807, 2.05) is 0 Å². The minimum atomic E-state index is -4.58. The molecule has 0 aliphatic rings. The van der Waals surface area contributed by atoms with Crippen molar-refractivity contribution in [2.24, 2.45) is 0 Å². The Hall–Kier alpha value is -1.05. The van der Waals surface area contributed by atoms with E-state index in [0.29, 0.717) is 6.54 Å². The van der Waals surface area contributed by atoms with E-state index in [2.05, 4.69) is 21.0 Å². The summed E-state index contributed by atoms with van der Waals surface area (Å²) in [6.45, 7) is 2.14. The normalized spacial score (nSPS) is 13.5. The van der Waals surface area contributed by atoms with Crippen LogP contribution in [0.3, 0.4) is 0 Å². The highest BCUT2D eigenvalue weighted by molar-refractivity contribution is 9.10. The van der Waals surface area contributed by atoms with Gasteiger partial charge in [-0.1, -0.05) is 33.6 Å². The maximum Gasteiger partial charge on any atom is 0.416 e. The van der Waals surface area contributed by atoms with Crippen LogP contribution in [0.25, 0.3) is 0 Å². The van der Waals surface area contributed by atoms with Crippen LogP contribution in [0.1, 0.15) is 29.8 Å². The van der Waals surface area contributed by atoms with Gasteiger partial charge >= 0.3 is 6.18 Å². The van der Waals surface area contributed by atoms with E-state index < -0.39 is 17.8 Å². The van der Waals surface area contributed by atoms with Crippen molar-refractivity contribution in [3.63, 3.8) is 0 Å². The summed E-state index contributed by atoms with van der Waals surface area (Å²) in [5.41, 5.74) is -1.03. The van der Waals surface area contributed by atoms with Crippen molar-refractivity contribution >= 4 is 27.5 Å². The van der Waals surface area contributed by atoms with Crippen LogP contribution in [0.5, 0.6) is 0 Å². The Balaban J connectivity index is 2.58. The van der Waals surface area contributed by atoms with Crippen molar-refractivity contribution in [3.8, 4) is 0 Å². The molecular formula is C13H11BrClF3N2O. The summed E-state index contributed by atoms with van der Waals surface area (Å²) in [5.74, 6) is 0. The molecule has 0 amide bonds. The van der Waals surface area contributed by atoms with Crippen molar-refractivity contribution < 1.29 is 18.3 Å². The Labute approximate surface area is 132 Å². The molecule has 21 heavy (non-hydrogen) atoms. The molecule has 0 bridgehead atoms. The largest absolute Gasteiger partial charge is 0.416 e. The van der Waals surface area contributed by atoms with Crippen LogP contribution in [0.2, 0.25) is 5.02 Å². The van der Waals surface area contributed by atoms with Crippen LogP contribution in [0.15, 0.2) is 28.9 Å². The van der Waals surface area contributed by atoms with Crippen LogP contribution < -0.4 is 0 Å². The van der Waals surface area contributed by atoms with Gasteiger partial charge in [-0.15, -0.1) is 0 Å². The SMILES string of the molecule is CCn1ncc(Cl)c1C(O)c1ccc(Br)cc1C(F)(F)F. The molecule has 0 saturated heterocycles. The molecule has 1 aromatic heterocycles. The molecule has 1 unspecified atom stereocenters. The summed E-state index contributed by atoms with van der Waals surface area (Å²) in [4.78, 5) is 0. The van der Waals surface area contributed by atoms with E-state index in [1.165, 1.54) is 23.0 Å². The third-order valence-electron chi connectivity index (χ3n) is 3.01. The number of aromatic nitrogens is 2. The van der Waals surface area contributed by atoms with Gasteiger partial charge in [-0.2, -0.15) is 18.3 Å². The van der Waals surface area contributed by atoms with E-state index >= 15 is 0 Å². The van der Waals surface area contributed by atoms with Crippen LogP contribution in [0.4, 0.5) is 13.2 Å². The molecule has 0 saturated carbocycles. The number of hydrogen-bond donors (Lipinski definition) is 1. The summed E-state index contributed by atoms with van der Waals surface area (Å²) in [7, 11) is 0. The highest BCUT2D eigenvalue weighted by Gasteiger charge is 2.36. The Bertz CT molecular complexity index is 657. The number of rotatable bonds is 3. The number of alkyl halides is 3. The topological polar surface area (TPSA) is 38.0 Å². The molecule has 114 valence electrons. The second kappa shape index (κ2) is 5.98. The van der Waals surface area contributed by atoms with Crippen molar-refractivity contribution in [2.45, 2.75) is 25.7 Å². The quantitative estimate of drug-likeness (QED) is 0.852. The molecule has 0 radical (unpaired) electrons. The number of hydrogen-bond acceptors (Lipinski definition) is 2. The number of aliphatic hydroxyl groups excluding tert-OH is 1. The highest BCUT2D eigenvalue weighted by Crippen LogP contribution is 2.39. The minimum absolute atomic E-state index is 0.125. The first-order chi connectivity index (χ1) is 9.75. The molecule has 1 aromatic carbocycles. The van der Waals surface area contributed by atoms with Crippen molar-refractivity contribution in [2.75, 3.05) is 0 Å². The molecule has 8 heteroatoms. The summed E-state index contributed by atoms with van der Waals surface area (Å²) in [5, 5.41) is 14.4. The van der Waals surface area contributed by atoms with Gasteiger partial charge in [0.25, 0.3) is 0 Å². The maximum absolute atomic E-state index is 13.1. The van der Waals surface area contributed by atoms with Crippen LogP contribution >= 0.6 is 27.5 Å². The van der Waals surface area contributed by atoms with E-state index in [-0.39, 0.29) is 20.8 Å². The van der Waals surface area contributed by atoms with Crippen LogP contribution in [-0.4, -0.2) is 14.9 Å². The second-order valence-electron chi connectivity index (χ2n) is 4.33. The summed E-state index contributed by atoms with van der Waals surface area (Å²) in [6, 6.07) is 3.59. The molecule has 0 spiro atoms. The summed E-state index contributed by atoms with van der Waals surface area (Å²) in [6.07, 6.45) is -4.79. The molecule has 0 aliphatic carbocycles. The number of aliphatic hydroxyl groups is 1. The first-order valence-electron chi connectivity index (χ1n) is 6.01. The van der Waals surface area contributed by atoms with Gasteiger partial charge in [-0.25, -0.2) is 0 Å². The summed E-state index contributed by atoms with van der Waals surface area (Å²) >= 11 is 8.94. The fourth-order valence-electron chi connectivity index (χ4n) is 2.06. The average molecular weight is 384 g/mol. The molecule has 3 nitrogen and oxygen atoms in total. The molecule has 2 aromatic rings. The number of halogens is 5. The van der Waals surface area contributed by atoms with E-state index in [0.717, 1.165) is 6.07 Å². The second-order valence-corrected chi connectivity index (χ2v) is 5.65. The third kappa shape index (κ3) is 3.25. The van der Waals surface area contributed by atoms with Gasteiger partial charge in [-0.3, -0.25) is 4.68 Å². The summed E-state index contributed by atoms with van der Waals surface area (Å²) < 4.78 is 41.0.